The fourth-order valence-corrected chi connectivity index (χ4v) is 2.55. The molecule has 0 aromatic rings. The van der Waals surface area contributed by atoms with Crippen LogP contribution < -0.4 is 5.32 Å². The molecule has 0 bridgehead atoms. The second kappa shape index (κ2) is 5.64. The van der Waals surface area contributed by atoms with Crippen LogP contribution in [0.15, 0.2) is 0 Å². The number of hydrogen-bond acceptors (Lipinski definition) is 3. The van der Waals surface area contributed by atoms with E-state index in [-0.39, 0.29) is 12.0 Å². The van der Waals surface area contributed by atoms with Crippen molar-refractivity contribution < 1.29 is 9.53 Å². The van der Waals surface area contributed by atoms with Crippen molar-refractivity contribution in [3.63, 3.8) is 0 Å². The second-order valence-corrected chi connectivity index (χ2v) is 4.78. The minimum atomic E-state index is 0.189. The molecular formula is C12H22N2O2. The maximum absolute atomic E-state index is 12.0. The molecule has 2 saturated heterocycles. The van der Waals surface area contributed by atoms with Crippen molar-refractivity contribution in [1.82, 2.24) is 10.2 Å². The van der Waals surface area contributed by atoms with Crippen LogP contribution >= 0.6 is 0 Å². The van der Waals surface area contributed by atoms with E-state index in [1.54, 1.807) is 0 Å². The Morgan fingerprint density at radius 1 is 1.38 bits per heavy atom. The molecule has 0 aliphatic carbocycles. The van der Waals surface area contributed by atoms with E-state index in [4.69, 9.17) is 4.74 Å². The second-order valence-electron chi connectivity index (χ2n) is 4.78. The van der Waals surface area contributed by atoms with Gasteiger partial charge in [0, 0.05) is 25.7 Å². The van der Waals surface area contributed by atoms with Crippen LogP contribution in [0.3, 0.4) is 0 Å². The molecule has 2 aliphatic heterocycles. The summed E-state index contributed by atoms with van der Waals surface area (Å²) in [5, 5.41) is 3.27. The van der Waals surface area contributed by atoms with Gasteiger partial charge in [-0.1, -0.05) is 0 Å². The zero-order valence-electron chi connectivity index (χ0n) is 10.1. The van der Waals surface area contributed by atoms with E-state index in [1.807, 2.05) is 11.9 Å². The monoisotopic (exact) mass is 226 g/mol. The molecule has 1 unspecified atom stereocenters. The van der Waals surface area contributed by atoms with Gasteiger partial charge in [-0.05, 0) is 32.7 Å². The van der Waals surface area contributed by atoms with E-state index in [0.29, 0.717) is 12.5 Å². The number of ether oxygens (including phenoxy) is 1. The van der Waals surface area contributed by atoms with Gasteiger partial charge in [0.25, 0.3) is 0 Å². The molecule has 2 fully saturated rings. The number of nitrogens with one attached hydrogen (secondary N) is 1. The highest BCUT2D eigenvalue weighted by Crippen LogP contribution is 2.18. The summed E-state index contributed by atoms with van der Waals surface area (Å²) in [4.78, 5) is 14.0. The highest BCUT2D eigenvalue weighted by Gasteiger charge is 2.25. The average molecular weight is 226 g/mol. The van der Waals surface area contributed by atoms with Crippen molar-refractivity contribution in [3.05, 3.63) is 0 Å². The number of hydrogen-bond donors (Lipinski definition) is 1. The predicted octanol–water partition coefficient (Wildman–Crippen LogP) is 0.766. The van der Waals surface area contributed by atoms with Crippen LogP contribution in [0.4, 0.5) is 0 Å². The first-order chi connectivity index (χ1) is 7.79. The third kappa shape index (κ3) is 2.95. The van der Waals surface area contributed by atoms with Crippen LogP contribution in [0.1, 0.15) is 32.1 Å². The molecule has 1 amide bonds. The Hall–Kier alpha value is -0.610. The summed E-state index contributed by atoms with van der Waals surface area (Å²) in [6.07, 6.45) is 5.10. The van der Waals surface area contributed by atoms with Crippen LogP contribution in [-0.2, 0) is 9.53 Å². The third-order valence-corrected chi connectivity index (χ3v) is 3.68. The Balaban J connectivity index is 1.73. The van der Waals surface area contributed by atoms with Crippen LogP contribution in [-0.4, -0.2) is 49.7 Å². The highest BCUT2D eigenvalue weighted by molar-refractivity contribution is 5.76. The van der Waals surface area contributed by atoms with Crippen molar-refractivity contribution in [2.24, 2.45) is 0 Å². The van der Waals surface area contributed by atoms with E-state index in [9.17, 15) is 4.79 Å². The summed E-state index contributed by atoms with van der Waals surface area (Å²) in [6, 6.07) is 0.590. The number of piperidine rings is 1. The number of likely N-dealkylation sites (tertiary alicyclic amines) is 1. The van der Waals surface area contributed by atoms with Gasteiger partial charge in [0.1, 0.15) is 0 Å². The lowest BCUT2D eigenvalue weighted by Gasteiger charge is -2.32. The molecule has 0 aromatic heterocycles. The molecule has 0 saturated carbocycles. The summed E-state index contributed by atoms with van der Waals surface area (Å²) in [5.41, 5.74) is 0. The number of nitrogens with zero attached hydrogens (tertiary/aromatic N) is 1. The first-order valence-electron chi connectivity index (χ1n) is 6.36. The van der Waals surface area contributed by atoms with Crippen molar-refractivity contribution in [2.45, 2.75) is 44.2 Å². The molecule has 0 spiro atoms. The van der Waals surface area contributed by atoms with Crippen LogP contribution in [0.2, 0.25) is 0 Å². The molecule has 1 atom stereocenters. The van der Waals surface area contributed by atoms with Gasteiger partial charge in [0.15, 0.2) is 0 Å². The molecular weight excluding hydrogens is 204 g/mol. The molecule has 0 radical (unpaired) electrons. The zero-order chi connectivity index (χ0) is 11.4. The smallest absolute Gasteiger partial charge is 0.225 e. The summed E-state index contributed by atoms with van der Waals surface area (Å²) >= 11 is 0. The number of amides is 1. The molecule has 0 aromatic carbocycles. The van der Waals surface area contributed by atoms with Gasteiger partial charge in [-0.25, -0.2) is 0 Å². The molecule has 2 rings (SSSR count). The van der Waals surface area contributed by atoms with Gasteiger partial charge in [-0.3, -0.25) is 4.79 Å². The van der Waals surface area contributed by atoms with E-state index in [1.165, 1.54) is 0 Å². The van der Waals surface area contributed by atoms with Gasteiger partial charge in [0.05, 0.1) is 12.5 Å². The van der Waals surface area contributed by atoms with Crippen molar-refractivity contribution in [1.29, 1.82) is 0 Å². The highest BCUT2D eigenvalue weighted by atomic mass is 16.5. The van der Waals surface area contributed by atoms with E-state index < -0.39 is 0 Å². The van der Waals surface area contributed by atoms with Crippen molar-refractivity contribution in [2.75, 3.05) is 26.7 Å². The first kappa shape index (κ1) is 11.9. The van der Waals surface area contributed by atoms with Crippen molar-refractivity contribution >= 4 is 5.91 Å². The first-order valence-corrected chi connectivity index (χ1v) is 6.36. The van der Waals surface area contributed by atoms with Gasteiger partial charge in [-0.2, -0.15) is 0 Å². The Morgan fingerprint density at radius 3 is 2.69 bits per heavy atom. The normalized spacial score (nSPS) is 27.3. The van der Waals surface area contributed by atoms with E-state index in [0.717, 1.165) is 45.4 Å². The molecule has 1 N–H and O–H groups in total. The summed E-state index contributed by atoms with van der Waals surface area (Å²) in [7, 11) is 1.99. The molecule has 4 heteroatoms. The Bertz CT molecular complexity index is 231. The van der Waals surface area contributed by atoms with Crippen LogP contribution in [0.5, 0.6) is 0 Å². The fraction of sp³-hybridized carbons (Fsp3) is 0.917. The Kier molecular flexibility index (Phi) is 4.18. The third-order valence-electron chi connectivity index (χ3n) is 3.68. The molecule has 4 nitrogen and oxygen atoms in total. The largest absolute Gasteiger partial charge is 0.378 e. The minimum Gasteiger partial charge on any atom is -0.378 e. The molecule has 2 aliphatic rings. The quantitative estimate of drug-likeness (QED) is 0.772. The van der Waals surface area contributed by atoms with E-state index in [2.05, 4.69) is 5.32 Å². The molecule has 16 heavy (non-hydrogen) atoms. The Labute approximate surface area is 97.3 Å². The molecule has 92 valence electrons. The molecule has 2 heterocycles. The predicted molar refractivity (Wildman–Crippen MR) is 62.3 cm³/mol. The van der Waals surface area contributed by atoms with E-state index >= 15 is 0 Å². The van der Waals surface area contributed by atoms with Crippen LogP contribution in [0.25, 0.3) is 0 Å². The summed E-state index contributed by atoms with van der Waals surface area (Å²) in [6.45, 7) is 2.63. The average Bonchev–Trinajstić information content (AvgIpc) is 2.82. The Morgan fingerprint density at radius 2 is 2.12 bits per heavy atom. The number of carbonyl (C=O) groups is 1. The van der Waals surface area contributed by atoms with Gasteiger partial charge in [-0.15, -0.1) is 0 Å². The van der Waals surface area contributed by atoms with Gasteiger partial charge in [0.2, 0.25) is 5.91 Å². The lowest BCUT2D eigenvalue weighted by molar-refractivity contribution is -0.134. The van der Waals surface area contributed by atoms with Crippen LogP contribution in [0, 0.1) is 0 Å². The lowest BCUT2D eigenvalue weighted by atomic mass is 10.0. The minimum absolute atomic E-state index is 0.189. The number of rotatable bonds is 3. The number of carbonyl (C=O) groups excluding carboxylic acids is 1. The standard InChI is InChI=1S/C12H22N2O2/c1-13-10-4-6-14(7-5-10)12(15)9-11-3-2-8-16-11/h10-11,13H,2-9H2,1H3. The van der Waals surface area contributed by atoms with Gasteiger partial charge < -0.3 is 15.0 Å². The summed E-state index contributed by atoms with van der Waals surface area (Å²) < 4.78 is 5.50. The van der Waals surface area contributed by atoms with Crippen molar-refractivity contribution in [3.8, 4) is 0 Å². The SMILES string of the molecule is CNC1CCN(C(=O)CC2CCCO2)CC1. The fourth-order valence-electron chi connectivity index (χ4n) is 2.55. The topological polar surface area (TPSA) is 41.6 Å². The maximum Gasteiger partial charge on any atom is 0.225 e. The maximum atomic E-state index is 12.0. The lowest BCUT2D eigenvalue weighted by Crippen LogP contribution is -2.44. The van der Waals surface area contributed by atoms with Gasteiger partial charge >= 0.3 is 0 Å². The summed E-state index contributed by atoms with van der Waals surface area (Å²) in [5.74, 6) is 0.279. The zero-order valence-corrected chi connectivity index (χ0v) is 10.1.